The summed E-state index contributed by atoms with van der Waals surface area (Å²) >= 11 is 0. The molecule has 0 aliphatic rings. The summed E-state index contributed by atoms with van der Waals surface area (Å²) in [6.07, 6.45) is 1.56. The Bertz CT molecular complexity index is 736. The van der Waals surface area contributed by atoms with Crippen LogP contribution in [0.4, 0.5) is 5.82 Å². The molecule has 5 nitrogen and oxygen atoms in total. The number of hydrogen-bond donors (Lipinski definition) is 1. The first-order chi connectivity index (χ1) is 9.76. The highest BCUT2D eigenvalue weighted by atomic mass is 16.5. The van der Waals surface area contributed by atoms with Crippen molar-refractivity contribution in [2.45, 2.75) is 13.5 Å². The molecule has 0 amide bonds. The van der Waals surface area contributed by atoms with Crippen LogP contribution in [0.15, 0.2) is 42.7 Å². The number of rotatable bonds is 4. The average molecular weight is 268 g/mol. The normalized spacial score (nSPS) is 10.7. The predicted octanol–water partition coefficient (Wildman–Crippen LogP) is 2.66. The van der Waals surface area contributed by atoms with E-state index in [-0.39, 0.29) is 0 Å². The molecule has 20 heavy (non-hydrogen) atoms. The van der Waals surface area contributed by atoms with Crippen LogP contribution < -0.4 is 10.1 Å². The predicted molar refractivity (Wildman–Crippen MR) is 78.0 cm³/mol. The molecular formula is C15H16N4O. The van der Waals surface area contributed by atoms with Crippen molar-refractivity contribution in [1.29, 1.82) is 0 Å². The lowest BCUT2D eigenvalue weighted by molar-refractivity contribution is 0.414. The van der Waals surface area contributed by atoms with E-state index in [1.807, 2.05) is 31.2 Å². The molecule has 0 fully saturated rings. The van der Waals surface area contributed by atoms with E-state index in [2.05, 4.69) is 27.5 Å². The summed E-state index contributed by atoms with van der Waals surface area (Å²) < 4.78 is 7.03. The van der Waals surface area contributed by atoms with E-state index < -0.39 is 0 Å². The zero-order chi connectivity index (χ0) is 13.9. The third-order valence-corrected chi connectivity index (χ3v) is 3.13. The first-order valence-corrected chi connectivity index (χ1v) is 6.43. The molecule has 102 valence electrons. The van der Waals surface area contributed by atoms with Gasteiger partial charge in [-0.3, -0.25) is 0 Å². The number of nitrogens with one attached hydrogen (secondary N) is 1. The maximum atomic E-state index is 5.23. The lowest BCUT2D eigenvalue weighted by atomic mass is 10.2. The van der Waals surface area contributed by atoms with Crippen LogP contribution in [0.5, 0.6) is 5.75 Å². The largest absolute Gasteiger partial charge is 0.497 e. The Labute approximate surface area is 117 Å². The molecule has 3 rings (SSSR count). The fourth-order valence-corrected chi connectivity index (χ4v) is 2.16. The minimum absolute atomic E-state index is 0.704. The number of ether oxygens (including phenoxy) is 1. The van der Waals surface area contributed by atoms with Crippen molar-refractivity contribution < 1.29 is 4.74 Å². The van der Waals surface area contributed by atoms with Gasteiger partial charge in [-0.15, -0.1) is 0 Å². The van der Waals surface area contributed by atoms with E-state index in [4.69, 9.17) is 4.74 Å². The van der Waals surface area contributed by atoms with Gasteiger partial charge in [0.2, 0.25) is 0 Å². The van der Waals surface area contributed by atoms with Crippen LogP contribution in [0.2, 0.25) is 0 Å². The Balaban J connectivity index is 1.84. The van der Waals surface area contributed by atoms with Crippen molar-refractivity contribution in [2.24, 2.45) is 0 Å². The molecule has 0 saturated heterocycles. The molecule has 0 unspecified atom stereocenters. The first-order valence-electron chi connectivity index (χ1n) is 6.43. The number of aromatic nitrogens is 3. The molecule has 0 atom stereocenters. The van der Waals surface area contributed by atoms with Crippen molar-refractivity contribution in [2.75, 3.05) is 12.4 Å². The van der Waals surface area contributed by atoms with Crippen molar-refractivity contribution in [3.05, 3.63) is 53.9 Å². The minimum atomic E-state index is 0.704. The molecule has 0 aliphatic carbocycles. The van der Waals surface area contributed by atoms with Gasteiger partial charge in [-0.25, -0.2) is 4.98 Å². The maximum Gasteiger partial charge on any atom is 0.157 e. The third-order valence-electron chi connectivity index (χ3n) is 3.13. The quantitative estimate of drug-likeness (QED) is 0.790. The van der Waals surface area contributed by atoms with Crippen LogP contribution in [-0.4, -0.2) is 21.7 Å². The van der Waals surface area contributed by atoms with Gasteiger partial charge in [0.05, 0.1) is 7.11 Å². The number of hydrogen-bond acceptors (Lipinski definition) is 4. The van der Waals surface area contributed by atoms with Crippen molar-refractivity contribution >= 4 is 11.5 Å². The van der Waals surface area contributed by atoms with Gasteiger partial charge in [-0.2, -0.15) is 9.61 Å². The number of anilines is 1. The number of aryl methyl sites for hydroxylation is 1. The van der Waals surface area contributed by atoms with Gasteiger partial charge in [-0.05, 0) is 42.3 Å². The Morgan fingerprint density at radius 3 is 3.00 bits per heavy atom. The topological polar surface area (TPSA) is 51.5 Å². The molecule has 0 saturated carbocycles. The van der Waals surface area contributed by atoms with Crippen LogP contribution in [0.3, 0.4) is 0 Å². The van der Waals surface area contributed by atoms with Gasteiger partial charge in [0.1, 0.15) is 17.9 Å². The van der Waals surface area contributed by atoms with Crippen LogP contribution in [0, 0.1) is 6.92 Å². The van der Waals surface area contributed by atoms with E-state index in [0.29, 0.717) is 6.54 Å². The van der Waals surface area contributed by atoms with Crippen LogP contribution in [-0.2, 0) is 6.54 Å². The summed E-state index contributed by atoms with van der Waals surface area (Å²) in [5, 5.41) is 7.61. The molecule has 5 heteroatoms. The van der Waals surface area contributed by atoms with E-state index in [0.717, 1.165) is 28.3 Å². The standard InChI is InChI=1S/C15H16N4O/c1-11-6-14(19-15(7-11)17-10-18-19)16-9-12-4-3-5-13(8-12)20-2/h3-8,10,16H,9H2,1-2H3. The number of pyridine rings is 1. The van der Waals surface area contributed by atoms with E-state index in [9.17, 15) is 0 Å². The summed E-state index contributed by atoms with van der Waals surface area (Å²) in [6.45, 7) is 2.75. The Morgan fingerprint density at radius 1 is 1.25 bits per heavy atom. The SMILES string of the molecule is COc1cccc(CNc2cc(C)cc3ncnn23)c1. The summed E-state index contributed by atoms with van der Waals surface area (Å²) in [5.74, 6) is 1.79. The number of nitrogens with zero attached hydrogens (tertiary/aromatic N) is 3. The van der Waals surface area contributed by atoms with Crippen LogP contribution >= 0.6 is 0 Å². The summed E-state index contributed by atoms with van der Waals surface area (Å²) in [5.41, 5.74) is 3.15. The molecule has 1 aromatic carbocycles. The Hall–Kier alpha value is -2.56. The van der Waals surface area contributed by atoms with Crippen molar-refractivity contribution in [1.82, 2.24) is 14.6 Å². The fourth-order valence-electron chi connectivity index (χ4n) is 2.16. The molecule has 2 heterocycles. The van der Waals surface area contributed by atoms with Gasteiger partial charge in [0.15, 0.2) is 5.65 Å². The highest BCUT2D eigenvalue weighted by Crippen LogP contribution is 2.16. The van der Waals surface area contributed by atoms with Gasteiger partial charge < -0.3 is 10.1 Å². The molecule has 0 spiro atoms. The van der Waals surface area contributed by atoms with E-state index in [1.165, 1.54) is 0 Å². The highest BCUT2D eigenvalue weighted by molar-refractivity contribution is 5.51. The third kappa shape index (κ3) is 2.42. The van der Waals surface area contributed by atoms with Gasteiger partial charge in [0.25, 0.3) is 0 Å². The minimum Gasteiger partial charge on any atom is -0.497 e. The molecule has 2 aromatic heterocycles. The molecule has 0 bridgehead atoms. The average Bonchev–Trinajstić information content (AvgIpc) is 2.93. The second-order valence-corrected chi connectivity index (χ2v) is 4.65. The molecule has 0 radical (unpaired) electrons. The van der Waals surface area contributed by atoms with Crippen molar-refractivity contribution in [3.8, 4) is 5.75 Å². The van der Waals surface area contributed by atoms with E-state index in [1.54, 1.807) is 18.0 Å². The zero-order valence-corrected chi connectivity index (χ0v) is 11.5. The summed E-state index contributed by atoms with van der Waals surface area (Å²) in [6, 6.07) is 12.1. The highest BCUT2D eigenvalue weighted by Gasteiger charge is 2.04. The number of fused-ring (bicyclic) bond motifs is 1. The lowest BCUT2D eigenvalue weighted by Gasteiger charge is -2.10. The van der Waals surface area contributed by atoms with E-state index >= 15 is 0 Å². The number of methoxy groups -OCH3 is 1. The second-order valence-electron chi connectivity index (χ2n) is 4.65. The second kappa shape index (κ2) is 5.21. The smallest absolute Gasteiger partial charge is 0.157 e. The lowest BCUT2D eigenvalue weighted by Crippen LogP contribution is -2.05. The molecule has 1 N–H and O–H groups in total. The van der Waals surface area contributed by atoms with Crippen molar-refractivity contribution in [3.63, 3.8) is 0 Å². The molecular weight excluding hydrogens is 252 g/mol. The van der Waals surface area contributed by atoms with Gasteiger partial charge in [-0.1, -0.05) is 12.1 Å². The first kappa shape index (κ1) is 12.5. The summed E-state index contributed by atoms with van der Waals surface area (Å²) in [4.78, 5) is 4.21. The Morgan fingerprint density at radius 2 is 2.15 bits per heavy atom. The Kier molecular flexibility index (Phi) is 3.25. The molecule has 0 aliphatic heterocycles. The fraction of sp³-hybridized carbons (Fsp3) is 0.200. The zero-order valence-electron chi connectivity index (χ0n) is 11.5. The maximum absolute atomic E-state index is 5.23. The molecule has 3 aromatic rings. The number of benzene rings is 1. The van der Waals surface area contributed by atoms with Gasteiger partial charge >= 0.3 is 0 Å². The van der Waals surface area contributed by atoms with Crippen LogP contribution in [0.25, 0.3) is 5.65 Å². The summed E-state index contributed by atoms with van der Waals surface area (Å²) in [7, 11) is 1.67. The monoisotopic (exact) mass is 268 g/mol. The van der Waals surface area contributed by atoms with Crippen LogP contribution in [0.1, 0.15) is 11.1 Å². The van der Waals surface area contributed by atoms with Gasteiger partial charge in [0, 0.05) is 6.54 Å².